The van der Waals surface area contributed by atoms with Crippen LogP contribution in [0, 0.1) is 0 Å². The second kappa shape index (κ2) is 7.59. The molecule has 0 bridgehead atoms. The minimum atomic E-state index is -3.36. The lowest BCUT2D eigenvalue weighted by molar-refractivity contribution is 0.414. The molecule has 124 valence electrons. The highest BCUT2D eigenvalue weighted by Crippen LogP contribution is 2.14. The van der Waals surface area contributed by atoms with Crippen molar-refractivity contribution in [3.8, 4) is 5.75 Å². The van der Waals surface area contributed by atoms with Crippen LogP contribution in [0.15, 0.2) is 53.4 Å². The highest BCUT2D eigenvalue weighted by atomic mass is 32.2. The van der Waals surface area contributed by atoms with Crippen molar-refractivity contribution in [2.24, 2.45) is 0 Å². The molecule has 0 aliphatic rings. The van der Waals surface area contributed by atoms with Gasteiger partial charge >= 0.3 is 0 Å². The Balaban J connectivity index is 1.91. The molecule has 2 aromatic rings. The Bertz CT molecular complexity index is 723. The summed E-state index contributed by atoms with van der Waals surface area (Å²) in [7, 11) is 1.34. The van der Waals surface area contributed by atoms with E-state index in [2.05, 4.69) is 5.32 Å². The number of rotatable bonds is 7. The van der Waals surface area contributed by atoms with Gasteiger partial charge in [0.1, 0.15) is 5.75 Å². The van der Waals surface area contributed by atoms with E-state index < -0.39 is 10.0 Å². The third-order valence-corrected chi connectivity index (χ3v) is 5.35. The van der Waals surface area contributed by atoms with Crippen LogP contribution >= 0.6 is 0 Å². The van der Waals surface area contributed by atoms with Crippen molar-refractivity contribution in [2.45, 2.75) is 18.0 Å². The molecule has 0 fully saturated rings. The number of nitrogens with zero attached hydrogens (tertiary/aromatic N) is 1. The number of benzene rings is 2. The predicted octanol–water partition coefficient (Wildman–Crippen LogP) is 2.24. The standard InChI is InChI=1S/C17H22N2O3S/c1-19(2)23(20,21)17-10-6-15(7-11-17)13-18-12-14-4-8-16(22-3)9-5-14/h4-11,18H,12-13H2,1-3H3. The maximum atomic E-state index is 12.0. The van der Waals surface area contributed by atoms with Crippen LogP contribution in [0.4, 0.5) is 0 Å². The van der Waals surface area contributed by atoms with Crippen molar-refractivity contribution in [2.75, 3.05) is 21.2 Å². The average Bonchev–Trinajstić information content (AvgIpc) is 2.56. The molecule has 2 rings (SSSR count). The van der Waals surface area contributed by atoms with Crippen LogP contribution < -0.4 is 10.1 Å². The first-order chi connectivity index (χ1) is 10.9. The number of ether oxygens (including phenoxy) is 1. The molecule has 0 aromatic heterocycles. The van der Waals surface area contributed by atoms with Crippen molar-refractivity contribution in [1.29, 1.82) is 0 Å². The zero-order valence-corrected chi connectivity index (χ0v) is 14.4. The fourth-order valence-electron chi connectivity index (χ4n) is 2.08. The minimum Gasteiger partial charge on any atom is -0.497 e. The molecule has 2 aromatic carbocycles. The lowest BCUT2D eigenvalue weighted by Crippen LogP contribution is -2.22. The Morgan fingerprint density at radius 3 is 1.83 bits per heavy atom. The number of hydrogen-bond donors (Lipinski definition) is 1. The van der Waals surface area contributed by atoms with Gasteiger partial charge in [-0.1, -0.05) is 24.3 Å². The van der Waals surface area contributed by atoms with Crippen molar-refractivity contribution in [1.82, 2.24) is 9.62 Å². The van der Waals surface area contributed by atoms with Gasteiger partial charge in [-0.05, 0) is 35.4 Å². The summed E-state index contributed by atoms with van der Waals surface area (Å²) in [5.74, 6) is 0.839. The Labute approximate surface area is 137 Å². The first-order valence-corrected chi connectivity index (χ1v) is 8.72. The molecule has 0 aliphatic heterocycles. The molecular formula is C17H22N2O3S. The van der Waals surface area contributed by atoms with Crippen molar-refractivity contribution in [3.63, 3.8) is 0 Å². The highest BCUT2D eigenvalue weighted by Gasteiger charge is 2.16. The van der Waals surface area contributed by atoms with E-state index in [4.69, 9.17) is 4.74 Å². The van der Waals surface area contributed by atoms with Gasteiger partial charge in [0.05, 0.1) is 12.0 Å². The van der Waals surface area contributed by atoms with E-state index in [0.717, 1.165) is 23.4 Å². The van der Waals surface area contributed by atoms with E-state index in [1.165, 1.54) is 18.4 Å². The van der Waals surface area contributed by atoms with Gasteiger partial charge in [0.2, 0.25) is 10.0 Å². The molecule has 1 N–H and O–H groups in total. The van der Waals surface area contributed by atoms with Crippen LogP contribution in [0.25, 0.3) is 0 Å². The van der Waals surface area contributed by atoms with Crippen LogP contribution in [0.1, 0.15) is 11.1 Å². The minimum absolute atomic E-state index is 0.307. The molecule has 0 atom stereocenters. The number of methoxy groups -OCH3 is 1. The molecule has 0 radical (unpaired) electrons. The smallest absolute Gasteiger partial charge is 0.242 e. The van der Waals surface area contributed by atoms with E-state index in [1.807, 2.05) is 36.4 Å². The predicted molar refractivity (Wildman–Crippen MR) is 90.9 cm³/mol. The molecule has 0 aliphatic carbocycles. The van der Waals surface area contributed by atoms with E-state index in [9.17, 15) is 8.42 Å². The van der Waals surface area contributed by atoms with Crippen LogP contribution in [0.2, 0.25) is 0 Å². The van der Waals surface area contributed by atoms with E-state index in [-0.39, 0.29) is 0 Å². The molecule has 6 heteroatoms. The van der Waals surface area contributed by atoms with Crippen molar-refractivity contribution < 1.29 is 13.2 Å². The van der Waals surface area contributed by atoms with Crippen LogP contribution in [-0.2, 0) is 23.1 Å². The highest BCUT2D eigenvalue weighted by molar-refractivity contribution is 7.89. The third-order valence-electron chi connectivity index (χ3n) is 3.52. The zero-order chi connectivity index (χ0) is 16.9. The molecule has 0 saturated heterocycles. The number of hydrogen-bond acceptors (Lipinski definition) is 4. The first kappa shape index (κ1) is 17.5. The average molecular weight is 334 g/mol. The van der Waals surface area contributed by atoms with Crippen molar-refractivity contribution in [3.05, 3.63) is 59.7 Å². The Hall–Kier alpha value is -1.89. The SMILES string of the molecule is COc1ccc(CNCc2ccc(S(=O)(=O)N(C)C)cc2)cc1. The van der Waals surface area contributed by atoms with Gasteiger partial charge in [0, 0.05) is 27.2 Å². The quantitative estimate of drug-likeness (QED) is 0.844. The summed E-state index contributed by atoms with van der Waals surface area (Å²) in [6, 6.07) is 14.8. The maximum Gasteiger partial charge on any atom is 0.242 e. The van der Waals surface area contributed by atoms with E-state index in [0.29, 0.717) is 11.4 Å². The van der Waals surface area contributed by atoms with Gasteiger partial charge in [-0.2, -0.15) is 0 Å². The molecule has 5 nitrogen and oxygen atoms in total. The zero-order valence-electron chi connectivity index (χ0n) is 13.6. The molecule has 0 heterocycles. The van der Waals surface area contributed by atoms with E-state index >= 15 is 0 Å². The monoisotopic (exact) mass is 334 g/mol. The van der Waals surface area contributed by atoms with Gasteiger partial charge in [-0.15, -0.1) is 0 Å². The fourth-order valence-corrected chi connectivity index (χ4v) is 2.99. The van der Waals surface area contributed by atoms with Gasteiger partial charge in [-0.3, -0.25) is 0 Å². The first-order valence-electron chi connectivity index (χ1n) is 7.28. The number of sulfonamides is 1. The fraction of sp³-hybridized carbons (Fsp3) is 0.294. The molecular weight excluding hydrogens is 312 g/mol. The largest absolute Gasteiger partial charge is 0.497 e. The van der Waals surface area contributed by atoms with Gasteiger partial charge in [-0.25, -0.2) is 12.7 Å². The second-order valence-electron chi connectivity index (χ2n) is 5.38. The topological polar surface area (TPSA) is 58.6 Å². The van der Waals surface area contributed by atoms with Crippen LogP contribution in [0.5, 0.6) is 5.75 Å². The summed E-state index contributed by atoms with van der Waals surface area (Å²) in [6.45, 7) is 1.41. The third kappa shape index (κ3) is 4.54. The normalized spacial score (nSPS) is 11.7. The lowest BCUT2D eigenvalue weighted by Gasteiger charge is -2.12. The summed E-state index contributed by atoms with van der Waals surface area (Å²) in [4.78, 5) is 0.307. The van der Waals surface area contributed by atoms with Gasteiger partial charge in [0.25, 0.3) is 0 Å². The van der Waals surface area contributed by atoms with Crippen molar-refractivity contribution >= 4 is 10.0 Å². The Morgan fingerprint density at radius 2 is 1.39 bits per heavy atom. The van der Waals surface area contributed by atoms with Crippen LogP contribution in [-0.4, -0.2) is 33.9 Å². The molecule has 0 saturated carbocycles. The Morgan fingerprint density at radius 1 is 0.913 bits per heavy atom. The molecule has 0 amide bonds. The maximum absolute atomic E-state index is 12.0. The summed E-state index contributed by atoms with van der Waals surface area (Å²) in [5.41, 5.74) is 2.20. The summed E-state index contributed by atoms with van der Waals surface area (Å²) in [5, 5.41) is 3.34. The summed E-state index contributed by atoms with van der Waals surface area (Å²) >= 11 is 0. The molecule has 0 spiro atoms. The summed E-state index contributed by atoms with van der Waals surface area (Å²) < 4.78 is 30.3. The second-order valence-corrected chi connectivity index (χ2v) is 7.53. The van der Waals surface area contributed by atoms with Crippen LogP contribution in [0.3, 0.4) is 0 Å². The Kier molecular flexibility index (Phi) is 5.76. The molecule has 0 unspecified atom stereocenters. The van der Waals surface area contributed by atoms with Gasteiger partial charge in [0.15, 0.2) is 0 Å². The molecule has 23 heavy (non-hydrogen) atoms. The summed E-state index contributed by atoms with van der Waals surface area (Å²) in [6.07, 6.45) is 0. The van der Waals surface area contributed by atoms with E-state index in [1.54, 1.807) is 19.2 Å². The number of nitrogens with one attached hydrogen (secondary N) is 1. The lowest BCUT2D eigenvalue weighted by atomic mass is 10.2. The van der Waals surface area contributed by atoms with Gasteiger partial charge < -0.3 is 10.1 Å².